The van der Waals surface area contributed by atoms with Crippen molar-refractivity contribution in [2.24, 2.45) is 7.05 Å². The van der Waals surface area contributed by atoms with Crippen LogP contribution in [0.3, 0.4) is 0 Å². The normalized spacial score (nSPS) is 15.0. The molecule has 0 unspecified atom stereocenters. The van der Waals surface area contributed by atoms with E-state index in [1.165, 1.54) is 33.1 Å². The molecule has 4 rings (SSSR count). The number of carbonyl (C=O) groups excluding carboxylic acids is 1. The van der Waals surface area contributed by atoms with E-state index in [4.69, 9.17) is 4.74 Å². The van der Waals surface area contributed by atoms with Crippen LogP contribution in [-0.2, 0) is 33.0 Å². The van der Waals surface area contributed by atoms with Crippen LogP contribution in [0.25, 0.3) is 0 Å². The molecule has 170 valence electrons. The maximum absolute atomic E-state index is 12.7. The Hall–Kier alpha value is -2.25. The standard InChI is InChI=1S/C20H23N5O4S3/c1-24-18(13-16-3-2-12-30-16)22-23-20(24)31-14-19(26)21-15-4-6-17(7-5-15)32(27,28)25-8-10-29-11-9-25/h2-7,12H,8-11,13-14H2,1H3,(H,21,26). The average Bonchev–Trinajstić information content (AvgIpc) is 3.44. The highest BCUT2D eigenvalue weighted by atomic mass is 32.2. The lowest BCUT2D eigenvalue weighted by Gasteiger charge is -2.26. The Morgan fingerprint density at radius 3 is 2.62 bits per heavy atom. The zero-order valence-corrected chi connectivity index (χ0v) is 19.9. The number of nitrogens with zero attached hydrogens (tertiary/aromatic N) is 4. The van der Waals surface area contributed by atoms with Gasteiger partial charge in [-0.25, -0.2) is 8.42 Å². The second-order valence-corrected chi connectivity index (χ2v) is 11.0. The number of hydrogen-bond acceptors (Lipinski definition) is 8. The van der Waals surface area contributed by atoms with Gasteiger partial charge >= 0.3 is 0 Å². The molecule has 0 spiro atoms. The summed E-state index contributed by atoms with van der Waals surface area (Å²) in [6, 6.07) is 10.3. The smallest absolute Gasteiger partial charge is 0.243 e. The van der Waals surface area contributed by atoms with Crippen LogP contribution in [-0.4, -0.2) is 65.5 Å². The molecule has 0 atom stereocenters. The van der Waals surface area contributed by atoms with E-state index in [1.807, 2.05) is 23.1 Å². The molecule has 2 aromatic heterocycles. The van der Waals surface area contributed by atoms with Crippen LogP contribution in [0.4, 0.5) is 5.69 Å². The van der Waals surface area contributed by atoms with Gasteiger partial charge in [-0.05, 0) is 35.7 Å². The van der Waals surface area contributed by atoms with Crippen LogP contribution in [0.15, 0.2) is 51.8 Å². The van der Waals surface area contributed by atoms with Crippen molar-refractivity contribution in [2.75, 3.05) is 37.4 Å². The molecule has 0 aliphatic carbocycles. The Kier molecular flexibility index (Phi) is 7.26. The predicted molar refractivity (Wildman–Crippen MR) is 124 cm³/mol. The summed E-state index contributed by atoms with van der Waals surface area (Å²) in [5, 5.41) is 13.9. The number of sulfonamides is 1. The highest BCUT2D eigenvalue weighted by molar-refractivity contribution is 7.99. The Bertz CT molecular complexity index is 1150. The number of morpholine rings is 1. The number of amides is 1. The molecule has 1 aliphatic rings. The van der Waals surface area contributed by atoms with Crippen LogP contribution >= 0.6 is 23.1 Å². The maximum Gasteiger partial charge on any atom is 0.243 e. The number of nitrogens with one attached hydrogen (secondary N) is 1. The van der Waals surface area contributed by atoms with Gasteiger partial charge in [0.25, 0.3) is 0 Å². The van der Waals surface area contributed by atoms with Crippen LogP contribution < -0.4 is 5.32 Å². The second-order valence-electron chi connectivity index (χ2n) is 7.09. The van der Waals surface area contributed by atoms with Gasteiger partial charge in [-0.2, -0.15) is 4.31 Å². The Balaban J connectivity index is 1.31. The van der Waals surface area contributed by atoms with Crippen molar-refractivity contribution in [1.82, 2.24) is 19.1 Å². The van der Waals surface area contributed by atoms with Crippen LogP contribution in [0.5, 0.6) is 0 Å². The van der Waals surface area contributed by atoms with E-state index in [9.17, 15) is 13.2 Å². The molecule has 0 bridgehead atoms. The number of hydrogen-bond donors (Lipinski definition) is 1. The molecular weight excluding hydrogens is 470 g/mol. The van der Waals surface area contributed by atoms with Crippen molar-refractivity contribution in [3.63, 3.8) is 0 Å². The summed E-state index contributed by atoms with van der Waals surface area (Å²) < 4.78 is 33.9. The van der Waals surface area contributed by atoms with Crippen molar-refractivity contribution < 1.29 is 17.9 Å². The molecule has 12 heteroatoms. The van der Waals surface area contributed by atoms with Gasteiger partial charge in [0.15, 0.2) is 5.16 Å². The molecule has 0 saturated carbocycles. The average molecular weight is 494 g/mol. The van der Waals surface area contributed by atoms with Gasteiger partial charge < -0.3 is 14.6 Å². The highest BCUT2D eigenvalue weighted by Crippen LogP contribution is 2.21. The van der Waals surface area contributed by atoms with E-state index in [2.05, 4.69) is 21.6 Å². The van der Waals surface area contributed by atoms with Gasteiger partial charge in [0.1, 0.15) is 5.82 Å². The minimum atomic E-state index is -3.56. The van der Waals surface area contributed by atoms with Crippen molar-refractivity contribution >= 4 is 44.7 Å². The Labute approximate surface area is 194 Å². The third kappa shape index (κ3) is 5.38. The summed E-state index contributed by atoms with van der Waals surface area (Å²) in [6.45, 7) is 1.47. The van der Waals surface area contributed by atoms with Crippen molar-refractivity contribution in [3.8, 4) is 0 Å². The quantitative estimate of drug-likeness (QED) is 0.480. The summed E-state index contributed by atoms with van der Waals surface area (Å²) in [7, 11) is -1.67. The first-order chi connectivity index (χ1) is 15.4. The first kappa shape index (κ1) is 22.9. The largest absolute Gasteiger partial charge is 0.379 e. The Morgan fingerprint density at radius 1 is 1.19 bits per heavy atom. The van der Waals surface area contributed by atoms with E-state index in [1.54, 1.807) is 23.5 Å². The molecule has 0 radical (unpaired) electrons. The third-order valence-corrected chi connectivity index (χ3v) is 8.73. The van der Waals surface area contributed by atoms with E-state index < -0.39 is 10.0 Å². The van der Waals surface area contributed by atoms with Crippen molar-refractivity contribution in [3.05, 3.63) is 52.5 Å². The fraction of sp³-hybridized carbons (Fsp3) is 0.350. The van der Waals surface area contributed by atoms with Crippen LogP contribution in [0, 0.1) is 0 Å². The molecule has 1 amide bonds. The SMILES string of the molecule is Cn1c(Cc2cccs2)nnc1SCC(=O)Nc1ccc(S(=O)(=O)N2CCOCC2)cc1. The molecule has 1 fully saturated rings. The molecule has 3 heterocycles. The number of benzene rings is 1. The van der Waals surface area contributed by atoms with Crippen LogP contribution in [0.1, 0.15) is 10.7 Å². The third-order valence-electron chi connectivity index (χ3n) is 4.92. The maximum atomic E-state index is 12.7. The van der Waals surface area contributed by atoms with Crippen molar-refractivity contribution in [2.45, 2.75) is 16.5 Å². The van der Waals surface area contributed by atoms with E-state index in [0.29, 0.717) is 43.6 Å². The number of anilines is 1. The fourth-order valence-electron chi connectivity index (χ4n) is 3.17. The van der Waals surface area contributed by atoms with Gasteiger partial charge in [-0.15, -0.1) is 21.5 Å². The summed E-state index contributed by atoms with van der Waals surface area (Å²) in [4.78, 5) is 13.8. The fourth-order valence-corrected chi connectivity index (χ4v) is 6.01. The number of rotatable bonds is 8. The number of carbonyl (C=O) groups is 1. The molecule has 3 aromatic rings. The van der Waals surface area contributed by atoms with E-state index in [0.717, 1.165) is 5.82 Å². The lowest BCUT2D eigenvalue weighted by atomic mass is 10.3. The predicted octanol–water partition coefficient (Wildman–Crippen LogP) is 2.22. The summed E-state index contributed by atoms with van der Waals surface area (Å²) in [5.41, 5.74) is 0.535. The van der Waals surface area contributed by atoms with E-state index in [-0.39, 0.29) is 16.6 Å². The molecule has 32 heavy (non-hydrogen) atoms. The molecule has 1 saturated heterocycles. The highest BCUT2D eigenvalue weighted by Gasteiger charge is 2.26. The number of aromatic nitrogens is 3. The molecule has 9 nitrogen and oxygen atoms in total. The van der Waals surface area contributed by atoms with Gasteiger partial charge in [-0.1, -0.05) is 17.8 Å². The summed E-state index contributed by atoms with van der Waals surface area (Å²) in [6.07, 6.45) is 0.702. The minimum Gasteiger partial charge on any atom is -0.379 e. The monoisotopic (exact) mass is 493 g/mol. The van der Waals surface area contributed by atoms with E-state index >= 15 is 0 Å². The first-order valence-corrected chi connectivity index (χ1v) is 13.3. The number of thiophene rings is 1. The van der Waals surface area contributed by atoms with Gasteiger partial charge in [0, 0.05) is 37.1 Å². The first-order valence-electron chi connectivity index (χ1n) is 9.95. The minimum absolute atomic E-state index is 0.165. The zero-order chi connectivity index (χ0) is 22.6. The molecular formula is C20H23N5O4S3. The van der Waals surface area contributed by atoms with Gasteiger partial charge in [0.2, 0.25) is 15.9 Å². The molecule has 1 aromatic carbocycles. The number of thioether (sulfide) groups is 1. The Morgan fingerprint density at radius 2 is 1.94 bits per heavy atom. The van der Waals surface area contributed by atoms with Gasteiger partial charge in [-0.3, -0.25) is 4.79 Å². The topological polar surface area (TPSA) is 106 Å². The lowest BCUT2D eigenvalue weighted by molar-refractivity contribution is -0.113. The summed E-state index contributed by atoms with van der Waals surface area (Å²) >= 11 is 2.97. The number of ether oxygens (including phenoxy) is 1. The molecule has 1 N–H and O–H groups in total. The lowest BCUT2D eigenvalue weighted by Crippen LogP contribution is -2.40. The van der Waals surface area contributed by atoms with Crippen LogP contribution in [0.2, 0.25) is 0 Å². The van der Waals surface area contributed by atoms with Crippen molar-refractivity contribution in [1.29, 1.82) is 0 Å². The second kappa shape index (κ2) is 10.1. The van der Waals surface area contributed by atoms with Gasteiger partial charge in [0.05, 0.1) is 23.9 Å². The zero-order valence-electron chi connectivity index (χ0n) is 17.4. The summed E-state index contributed by atoms with van der Waals surface area (Å²) in [5.74, 6) is 0.799. The molecule has 1 aliphatic heterocycles.